The molecule has 178 valence electrons. The van der Waals surface area contributed by atoms with Crippen LogP contribution in [0.25, 0.3) is 0 Å². The zero-order chi connectivity index (χ0) is 23.7. The van der Waals surface area contributed by atoms with Crippen LogP contribution in [0.4, 0.5) is 0 Å². The Hall–Kier alpha value is -2.62. The molecule has 9 nitrogen and oxygen atoms in total. The van der Waals surface area contributed by atoms with Crippen LogP contribution in [-0.2, 0) is 30.9 Å². The summed E-state index contributed by atoms with van der Waals surface area (Å²) in [6.07, 6.45) is 0.0303. The Bertz CT molecular complexity index is 1050. The highest BCUT2D eigenvalue weighted by atomic mass is 16.6. The van der Waals surface area contributed by atoms with Crippen molar-refractivity contribution in [2.45, 2.75) is 68.5 Å². The number of esters is 2. The normalized spacial score (nSPS) is 33.2. The molecule has 1 aromatic rings. The largest absolute Gasteiger partial charge is 0.493 e. The first-order valence-electron chi connectivity index (χ1n) is 11.2. The summed E-state index contributed by atoms with van der Waals surface area (Å²) in [4.78, 5) is 26.6. The average Bonchev–Trinajstić information content (AvgIpc) is 3.13. The molecule has 1 unspecified atom stereocenters. The second-order valence-corrected chi connectivity index (χ2v) is 9.46. The maximum Gasteiger partial charge on any atom is 0.352 e. The predicted octanol–water partition coefficient (Wildman–Crippen LogP) is 0.829. The summed E-state index contributed by atoms with van der Waals surface area (Å²) in [6.45, 7) is 3.41. The number of methoxy groups -OCH3 is 1. The SMILES string of the molecule is COc1ccc2c3c1O[C@H]1C(OC(=O)C(C)OC(=O)[C@H](C)O)=CC[C@@]4(O)[C@@H](C2)N(C)CC[C@]314. The number of hydrogen-bond donors (Lipinski definition) is 2. The number of likely N-dealkylation sites (tertiary alicyclic amines) is 1. The summed E-state index contributed by atoms with van der Waals surface area (Å²) < 4.78 is 22.7. The van der Waals surface area contributed by atoms with Gasteiger partial charge in [0.25, 0.3) is 0 Å². The minimum atomic E-state index is -1.35. The van der Waals surface area contributed by atoms with Crippen LogP contribution in [0.2, 0.25) is 0 Å². The van der Waals surface area contributed by atoms with Gasteiger partial charge in [-0.3, -0.25) is 0 Å². The number of benzene rings is 1. The molecule has 0 amide bonds. The fourth-order valence-corrected chi connectivity index (χ4v) is 6.11. The quantitative estimate of drug-likeness (QED) is 0.618. The summed E-state index contributed by atoms with van der Waals surface area (Å²) in [6, 6.07) is 3.79. The van der Waals surface area contributed by atoms with Crippen molar-refractivity contribution in [3.63, 3.8) is 0 Å². The molecule has 4 aliphatic rings. The van der Waals surface area contributed by atoms with Gasteiger partial charge >= 0.3 is 11.9 Å². The monoisotopic (exact) mass is 459 g/mol. The molecule has 1 aromatic carbocycles. The molecule has 2 bridgehead atoms. The summed E-state index contributed by atoms with van der Waals surface area (Å²) in [7, 11) is 3.59. The number of nitrogens with zero attached hydrogens (tertiary/aromatic N) is 1. The molecule has 5 rings (SSSR count). The van der Waals surface area contributed by atoms with E-state index in [2.05, 4.69) is 4.90 Å². The van der Waals surface area contributed by atoms with Crippen LogP contribution in [0.3, 0.4) is 0 Å². The minimum absolute atomic E-state index is 0.108. The van der Waals surface area contributed by atoms with E-state index in [-0.39, 0.29) is 6.04 Å². The Kier molecular flexibility index (Phi) is 5.00. The molecule has 1 saturated heterocycles. The van der Waals surface area contributed by atoms with Crippen molar-refractivity contribution in [1.29, 1.82) is 0 Å². The van der Waals surface area contributed by atoms with Gasteiger partial charge in [-0.05, 0) is 58.0 Å². The summed E-state index contributed by atoms with van der Waals surface area (Å²) in [5, 5.41) is 21.5. The Labute approximate surface area is 191 Å². The molecular formula is C24H29NO8. The molecule has 1 spiro atoms. The lowest BCUT2D eigenvalue weighted by atomic mass is 9.50. The van der Waals surface area contributed by atoms with Crippen molar-refractivity contribution in [2.75, 3.05) is 20.7 Å². The van der Waals surface area contributed by atoms with E-state index in [0.717, 1.165) is 17.7 Å². The molecular weight excluding hydrogens is 430 g/mol. The molecule has 0 aromatic heterocycles. The Morgan fingerprint density at radius 2 is 2.03 bits per heavy atom. The maximum atomic E-state index is 12.7. The number of hydrogen-bond acceptors (Lipinski definition) is 9. The standard InChI is InChI=1S/C24H29NO8/c1-12(26)21(27)31-13(2)22(28)32-16-7-8-24(29)17-11-14-5-6-15(30-4)19-18(14)23(24,20(16)33-19)9-10-25(17)3/h5-7,12-13,17,20,26,29H,8-11H2,1-4H3/t12-,13?,17+,20-,23-,24+/m0/s1. The van der Waals surface area contributed by atoms with E-state index >= 15 is 0 Å². The van der Waals surface area contributed by atoms with Crippen molar-refractivity contribution in [3.05, 3.63) is 35.1 Å². The third kappa shape index (κ3) is 2.88. The summed E-state index contributed by atoms with van der Waals surface area (Å²) >= 11 is 0. The van der Waals surface area contributed by atoms with E-state index < -0.39 is 41.3 Å². The first-order chi connectivity index (χ1) is 15.6. The second kappa shape index (κ2) is 7.44. The number of aliphatic hydroxyl groups is 2. The van der Waals surface area contributed by atoms with Crippen LogP contribution in [-0.4, -0.2) is 77.7 Å². The van der Waals surface area contributed by atoms with Gasteiger partial charge in [-0.25, -0.2) is 9.59 Å². The van der Waals surface area contributed by atoms with Gasteiger partial charge in [0.2, 0.25) is 0 Å². The van der Waals surface area contributed by atoms with E-state index in [0.29, 0.717) is 36.5 Å². The zero-order valence-electron chi connectivity index (χ0n) is 19.2. The highest BCUT2D eigenvalue weighted by Gasteiger charge is 2.72. The van der Waals surface area contributed by atoms with Crippen molar-refractivity contribution >= 4 is 11.9 Å². The molecule has 0 radical (unpaired) electrons. The minimum Gasteiger partial charge on any atom is -0.493 e. The number of ether oxygens (including phenoxy) is 4. The van der Waals surface area contributed by atoms with Gasteiger partial charge in [0.1, 0.15) is 11.9 Å². The average molecular weight is 459 g/mol. The lowest BCUT2D eigenvalue weighted by Gasteiger charge is -2.61. The van der Waals surface area contributed by atoms with Gasteiger partial charge < -0.3 is 34.1 Å². The first-order valence-corrected chi connectivity index (χ1v) is 11.2. The van der Waals surface area contributed by atoms with Crippen LogP contribution in [0.15, 0.2) is 24.0 Å². The number of carbonyl (C=O) groups excluding carboxylic acids is 2. The number of likely N-dealkylation sites (N-methyl/N-ethyl adjacent to an activating group) is 1. The van der Waals surface area contributed by atoms with Gasteiger partial charge in [0, 0.05) is 18.0 Å². The fraction of sp³-hybridized carbons (Fsp3) is 0.583. The number of carbonyl (C=O) groups is 2. The summed E-state index contributed by atoms with van der Waals surface area (Å²) in [5.74, 6) is -0.237. The third-order valence-electron chi connectivity index (χ3n) is 7.74. The lowest BCUT2D eigenvalue weighted by molar-refractivity contribution is -0.177. The molecule has 1 fully saturated rings. The van der Waals surface area contributed by atoms with E-state index in [4.69, 9.17) is 18.9 Å². The van der Waals surface area contributed by atoms with Gasteiger partial charge in [-0.15, -0.1) is 0 Å². The van der Waals surface area contributed by atoms with E-state index in [1.165, 1.54) is 13.8 Å². The second-order valence-electron chi connectivity index (χ2n) is 9.46. The van der Waals surface area contributed by atoms with Crippen LogP contribution < -0.4 is 9.47 Å². The van der Waals surface area contributed by atoms with E-state index in [1.54, 1.807) is 13.2 Å². The molecule has 6 atom stereocenters. The molecule has 33 heavy (non-hydrogen) atoms. The lowest BCUT2D eigenvalue weighted by Crippen LogP contribution is -2.74. The third-order valence-corrected chi connectivity index (χ3v) is 7.74. The summed E-state index contributed by atoms with van der Waals surface area (Å²) in [5.41, 5.74) is 0.149. The molecule has 2 aliphatic heterocycles. The van der Waals surface area contributed by atoms with Gasteiger partial charge in [-0.2, -0.15) is 0 Å². The zero-order valence-corrected chi connectivity index (χ0v) is 19.2. The van der Waals surface area contributed by atoms with Crippen molar-refractivity contribution < 1.29 is 38.7 Å². The molecule has 9 heteroatoms. The fourth-order valence-electron chi connectivity index (χ4n) is 6.11. The van der Waals surface area contributed by atoms with Gasteiger partial charge in [0.15, 0.2) is 23.7 Å². The highest BCUT2D eigenvalue weighted by molar-refractivity contribution is 5.81. The van der Waals surface area contributed by atoms with Crippen molar-refractivity contribution in [3.8, 4) is 11.5 Å². The Morgan fingerprint density at radius 1 is 1.27 bits per heavy atom. The molecule has 0 saturated carbocycles. The molecule has 2 aliphatic carbocycles. The van der Waals surface area contributed by atoms with Crippen LogP contribution in [0.1, 0.15) is 37.8 Å². The van der Waals surface area contributed by atoms with Crippen LogP contribution in [0.5, 0.6) is 11.5 Å². The number of aliphatic hydroxyl groups excluding tert-OH is 1. The van der Waals surface area contributed by atoms with Crippen molar-refractivity contribution in [1.82, 2.24) is 4.90 Å². The Morgan fingerprint density at radius 3 is 2.73 bits per heavy atom. The van der Waals surface area contributed by atoms with Gasteiger partial charge in [-0.1, -0.05) is 6.07 Å². The smallest absolute Gasteiger partial charge is 0.352 e. The molecule has 2 heterocycles. The number of piperidine rings is 1. The Balaban J connectivity index is 1.54. The van der Waals surface area contributed by atoms with Crippen LogP contribution in [0, 0.1) is 0 Å². The molecule has 2 N–H and O–H groups in total. The maximum absolute atomic E-state index is 12.7. The van der Waals surface area contributed by atoms with E-state index in [1.807, 2.05) is 19.2 Å². The van der Waals surface area contributed by atoms with Crippen LogP contribution >= 0.6 is 0 Å². The van der Waals surface area contributed by atoms with Crippen molar-refractivity contribution in [2.24, 2.45) is 0 Å². The number of rotatable bonds is 5. The predicted molar refractivity (Wildman–Crippen MR) is 115 cm³/mol. The first kappa shape index (κ1) is 22.2. The topological polar surface area (TPSA) is 115 Å². The van der Waals surface area contributed by atoms with Gasteiger partial charge in [0.05, 0.1) is 18.1 Å². The van der Waals surface area contributed by atoms with E-state index in [9.17, 15) is 19.8 Å². The highest BCUT2D eigenvalue weighted by Crippen LogP contribution is 2.65.